The number of carbonyl (C=O) groups excluding carboxylic acids is 2. The van der Waals surface area contributed by atoms with Crippen LogP contribution in [0.2, 0.25) is 0 Å². The fraction of sp³-hybridized carbons (Fsp3) is 0.227. The molecule has 0 aromatic heterocycles. The van der Waals surface area contributed by atoms with E-state index >= 15 is 0 Å². The van der Waals surface area contributed by atoms with Gasteiger partial charge in [0.2, 0.25) is 0 Å². The molecule has 9 heteroatoms. The lowest BCUT2D eigenvalue weighted by atomic mass is 10.2. The topological polar surface area (TPSA) is 67.9 Å². The number of hydrogen-bond acceptors (Lipinski definition) is 6. The number of hydrazine groups is 1. The molecule has 1 N–H and O–H groups in total. The Labute approximate surface area is 199 Å². The minimum Gasteiger partial charge on any atom is -0.490 e. The number of ether oxygens (including phenoxy) is 2. The molecule has 2 aromatic rings. The zero-order chi connectivity index (χ0) is 22.5. The van der Waals surface area contributed by atoms with Gasteiger partial charge in [-0.2, -0.15) is 5.01 Å². The number of thiocarbonyl (C=S) groups is 1. The van der Waals surface area contributed by atoms with Crippen LogP contribution in [0, 0.1) is 0 Å². The molecule has 1 aliphatic heterocycles. The molecule has 6 nitrogen and oxygen atoms in total. The second kappa shape index (κ2) is 10.3. The van der Waals surface area contributed by atoms with Gasteiger partial charge in [0.05, 0.1) is 17.6 Å². The van der Waals surface area contributed by atoms with E-state index in [0.717, 1.165) is 26.8 Å². The average molecular weight is 521 g/mol. The highest BCUT2D eigenvalue weighted by molar-refractivity contribution is 9.10. The van der Waals surface area contributed by atoms with Crippen molar-refractivity contribution in [1.82, 2.24) is 10.4 Å². The van der Waals surface area contributed by atoms with Crippen LogP contribution in [0.3, 0.4) is 0 Å². The third kappa shape index (κ3) is 5.87. The molecule has 31 heavy (non-hydrogen) atoms. The average Bonchev–Trinajstić information content (AvgIpc) is 2.97. The Kier molecular flexibility index (Phi) is 7.74. The molecule has 0 radical (unpaired) electrons. The summed E-state index contributed by atoms with van der Waals surface area (Å²) in [6, 6.07) is 12.3. The SMILES string of the molecule is CCOc1cc(/C=C2\SC(=S)N(NC(=O)c3ccc(Br)cc3)C2=O)ccc1OC(C)C. The molecule has 3 rings (SSSR count). The summed E-state index contributed by atoms with van der Waals surface area (Å²) in [5.41, 5.74) is 3.76. The number of nitrogens with one attached hydrogen (secondary N) is 1. The molecule has 0 bridgehead atoms. The zero-order valence-electron chi connectivity index (χ0n) is 17.2. The van der Waals surface area contributed by atoms with E-state index in [1.165, 1.54) is 0 Å². The third-order valence-corrected chi connectivity index (χ3v) is 5.87. The standard InChI is InChI=1S/C22H21BrN2O4S2/c1-4-28-18-11-14(5-10-17(18)29-13(2)3)12-19-21(27)25(22(30)31-19)24-20(26)15-6-8-16(23)9-7-15/h5-13H,4H2,1-3H3,(H,24,26)/b19-12-. The summed E-state index contributed by atoms with van der Waals surface area (Å²) in [5, 5.41) is 1.09. The minimum atomic E-state index is -0.418. The molecule has 1 saturated heterocycles. The van der Waals surface area contributed by atoms with Crippen molar-refractivity contribution in [2.24, 2.45) is 0 Å². The predicted molar refractivity (Wildman–Crippen MR) is 130 cm³/mol. The highest BCUT2D eigenvalue weighted by atomic mass is 79.9. The van der Waals surface area contributed by atoms with Crippen LogP contribution in [0.25, 0.3) is 6.08 Å². The fourth-order valence-electron chi connectivity index (χ4n) is 2.72. The van der Waals surface area contributed by atoms with Crippen molar-refractivity contribution in [2.75, 3.05) is 6.61 Å². The van der Waals surface area contributed by atoms with Gasteiger partial charge in [0.1, 0.15) is 0 Å². The summed E-state index contributed by atoms with van der Waals surface area (Å²) in [7, 11) is 0. The summed E-state index contributed by atoms with van der Waals surface area (Å²) >= 11 is 9.75. The number of thioether (sulfide) groups is 1. The molecule has 2 amide bonds. The molecule has 1 fully saturated rings. The number of benzene rings is 2. The van der Waals surface area contributed by atoms with Gasteiger partial charge < -0.3 is 9.47 Å². The molecule has 0 saturated carbocycles. The van der Waals surface area contributed by atoms with Crippen LogP contribution in [0.5, 0.6) is 11.5 Å². The smallest absolute Gasteiger partial charge is 0.285 e. The maximum atomic E-state index is 12.8. The maximum Gasteiger partial charge on any atom is 0.285 e. The molecular weight excluding hydrogens is 500 g/mol. The number of nitrogens with zero attached hydrogens (tertiary/aromatic N) is 1. The largest absolute Gasteiger partial charge is 0.490 e. The molecule has 2 aromatic carbocycles. The van der Waals surface area contributed by atoms with E-state index in [9.17, 15) is 9.59 Å². The van der Waals surface area contributed by atoms with Crippen LogP contribution in [-0.2, 0) is 4.79 Å². The number of halogens is 1. The van der Waals surface area contributed by atoms with Gasteiger partial charge in [-0.25, -0.2) is 0 Å². The lowest BCUT2D eigenvalue weighted by molar-refractivity contribution is -0.123. The monoisotopic (exact) mass is 520 g/mol. The van der Waals surface area contributed by atoms with Gasteiger partial charge in [0.15, 0.2) is 15.8 Å². The molecule has 0 unspecified atom stereocenters. The van der Waals surface area contributed by atoms with Crippen LogP contribution in [0.15, 0.2) is 51.8 Å². The first kappa shape index (κ1) is 23.3. The Morgan fingerprint density at radius 1 is 1.23 bits per heavy atom. The molecule has 1 aliphatic rings. The lowest BCUT2D eigenvalue weighted by Gasteiger charge is -2.16. The van der Waals surface area contributed by atoms with Crippen molar-refractivity contribution >= 4 is 62.1 Å². The van der Waals surface area contributed by atoms with Gasteiger partial charge in [-0.05, 0) is 81.0 Å². The predicted octanol–water partition coefficient (Wildman–Crippen LogP) is 5.18. The molecule has 0 spiro atoms. The van der Waals surface area contributed by atoms with Gasteiger partial charge in [-0.3, -0.25) is 15.0 Å². The van der Waals surface area contributed by atoms with Crippen molar-refractivity contribution in [3.8, 4) is 11.5 Å². The molecular formula is C22H21BrN2O4S2. The van der Waals surface area contributed by atoms with E-state index in [2.05, 4.69) is 21.4 Å². The van der Waals surface area contributed by atoms with Gasteiger partial charge in [-0.15, -0.1) is 0 Å². The first-order valence-electron chi connectivity index (χ1n) is 9.56. The second-order valence-electron chi connectivity index (χ2n) is 6.77. The Balaban J connectivity index is 1.78. The quantitative estimate of drug-likeness (QED) is 0.400. The maximum absolute atomic E-state index is 12.8. The van der Waals surface area contributed by atoms with Crippen LogP contribution in [0.1, 0.15) is 36.7 Å². The Morgan fingerprint density at radius 3 is 2.58 bits per heavy atom. The summed E-state index contributed by atoms with van der Waals surface area (Å²) in [6.07, 6.45) is 1.72. The van der Waals surface area contributed by atoms with E-state index in [4.69, 9.17) is 21.7 Å². The van der Waals surface area contributed by atoms with Crippen molar-refractivity contribution in [2.45, 2.75) is 26.9 Å². The normalized spacial score (nSPS) is 15.0. The Bertz CT molecular complexity index is 1040. The Morgan fingerprint density at radius 2 is 1.94 bits per heavy atom. The van der Waals surface area contributed by atoms with Crippen molar-refractivity contribution in [3.05, 3.63) is 63.0 Å². The van der Waals surface area contributed by atoms with Gasteiger partial charge >= 0.3 is 0 Å². The number of carbonyl (C=O) groups is 2. The zero-order valence-corrected chi connectivity index (χ0v) is 20.4. The van der Waals surface area contributed by atoms with E-state index in [1.54, 1.807) is 30.3 Å². The van der Waals surface area contributed by atoms with Gasteiger partial charge in [0, 0.05) is 10.0 Å². The van der Waals surface area contributed by atoms with Crippen LogP contribution < -0.4 is 14.9 Å². The second-order valence-corrected chi connectivity index (χ2v) is 9.36. The fourth-order valence-corrected chi connectivity index (χ4v) is 4.16. The number of rotatable bonds is 7. The van der Waals surface area contributed by atoms with E-state index in [0.29, 0.717) is 28.6 Å². The molecule has 1 heterocycles. The lowest BCUT2D eigenvalue weighted by Crippen LogP contribution is -2.44. The van der Waals surface area contributed by atoms with Crippen LogP contribution in [0.4, 0.5) is 0 Å². The summed E-state index contributed by atoms with van der Waals surface area (Å²) in [6.45, 7) is 6.27. The van der Waals surface area contributed by atoms with E-state index < -0.39 is 5.91 Å². The molecule has 0 atom stereocenters. The van der Waals surface area contributed by atoms with Crippen molar-refractivity contribution < 1.29 is 19.1 Å². The highest BCUT2D eigenvalue weighted by Gasteiger charge is 2.33. The van der Waals surface area contributed by atoms with Crippen molar-refractivity contribution in [3.63, 3.8) is 0 Å². The molecule has 0 aliphatic carbocycles. The third-order valence-electron chi connectivity index (χ3n) is 4.04. The van der Waals surface area contributed by atoms with Gasteiger partial charge in [-0.1, -0.05) is 33.8 Å². The van der Waals surface area contributed by atoms with E-state index in [-0.39, 0.29) is 16.3 Å². The summed E-state index contributed by atoms with van der Waals surface area (Å²) in [4.78, 5) is 25.7. The number of hydrogen-bond donors (Lipinski definition) is 1. The number of amides is 2. The minimum absolute atomic E-state index is 0.00986. The summed E-state index contributed by atoms with van der Waals surface area (Å²) in [5.74, 6) is 0.437. The van der Waals surface area contributed by atoms with Crippen molar-refractivity contribution in [1.29, 1.82) is 0 Å². The first-order valence-corrected chi connectivity index (χ1v) is 11.6. The first-order chi connectivity index (χ1) is 14.8. The summed E-state index contributed by atoms with van der Waals surface area (Å²) < 4.78 is 12.6. The van der Waals surface area contributed by atoms with Gasteiger partial charge in [0.25, 0.3) is 11.8 Å². The highest BCUT2D eigenvalue weighted by Crippen LogP contribution is 2.34. The van der Waals surface area contributed by atoms with Crippen LogP contribution >= 0.6 is 39.9 Å². The molecule has 162 valence electrons. The van der Waals surface area contributed by atoms with Crippen LogP contribution in [-0.4, -0.2) is 33.9 Å². The van der Waals surface area contributed by atoms with E-state index in [1.807, 2.05) is 39.0 Å². The Hall–Kier alpha value is -2.36.